The van der Waals surface area contributed by atoms with E-state index in [1.54, 1.807) is 42.7 Å². The molecule has 0 aliphatic rings. The number of hydrogen-bond donors (Lipinski definition) is 3. The molecule has 0 radical (unpaired) electrons. The zero-order valence-corrected chi connectivity index (χ0v) is 20.8. The van der Waals surface area contributed by atoms with Crippen molar-refractivity contribution in [3.63, 3.8) is 0 Å². The third-order valence-corrected chi connectivity index (χ3v) is 7.59. The van der Waals surface area contributed by atoms with Gasteiger partial charge in [-0.1, -0.05) is 12.1 Å². The van der Waals surface area contributed by atoms with Gasteiger partial charge in [0.15, 0.2) is 14.6 Å². The first kappa shape index (κ1) is 28.7. The monoisotopic (exact) mass is 519 g/mol. The first-order valence-corrected chi connectivity index (χ1v) is 13.1. The van der Waals surface area contributed by atoms with Crippen LogP contribution in [-0.2, 0) is 30.4 Å². The number of aryl methyl sites for hydroxylation is 1. The summed E-state index contributed by atoms with van der Waals surface area (Å²) >= 11 is 0. The number of aromatic nitrogens is 4. The molecule has 3 rings (SSSR count). The van der Waals surface area contributed by atoms with Gasteiger partial charge in [-0.3, -0.25) is 9.59 Å². The van der Waals surface area contributed by atoms with Crippen LogP contribution >= 0.6 is 7.82 Å². The molecule has 0 unspecified atom stereocenters. The number of phosphoric acid groups is 1. The molecule has 2 aromatic heterocycles. The fourth-order valence-electron chi connectivity index (χ4n) is 3.02. The molecule has 0 saturated heterocycles. The van der Waals surface area contributed by atoms with Crippen LogP contribution in [0.25, 0.3) is 16.8 Å². The van der Waals surface area contributed by atoms with E-state index < -0.39 is 33.9 Å². The Hall–Kier alpha value is -2.56. The minimum Gasteiger partial charge on any atom is -1.00 e. The van der Waals surface area contributed by atoms with Crippen molar-refractivity contribution in [2.75, 3.05) is 6.26 Å². The maximum Gasteiger partial charge on any atom is 1.00 e. The molecule has 2 heterocycles. The normalized spacial score (nSPS) is 13.5. The summed E-state index contributed by atoms with van der Waals surface area (Å²) in [6, 6.07) is 10.2. The molecule has 0 spiro atoms. The van der Waals surface area contributed by atoms with Crippen molar-refractivity contribution in [2.24, 2.45) is 0 Å². The first-order chi connectivity index (χ1) is 15.8. The second kappa shape index (κ2) is 11.0. The van der Waals surface area contributed by atoms with Gasteiger partial charge >= 0.3 is 26.7 Å². The summed E-state index contributed by atoms with van der Waals surface area (Å²) in [5, 5.41) is 8.08. The third-order valence-electron chi connectivity index (χ3n) is 5.23. The minimum absolute atomic E-state index is 0. The molecular formula is C19H23LiN5O8PS. The zero-order chi connectivity index (χ0) is 25.1. The Balaban J connectivity index is 0.00000324. The summed E-state index contributed by atoms with van der Waals surface area (Å²) in [7, 11) is -9.13. The molecule has 16 heteroatoms. The summed E-state index contributed by atoms with van der Waals surface area (Å²) in [6.45, 7) is 0.923. The molecule has 0 bridgehead atoms. The summed E-state index contributed by atoms with van der Waals surface area (Å²) < 4.78 is 38.4. The number of carbonyl (C=O) groups is 1. The molecule has 184 valence electrons. The Morgan fingerprint density at radius 1 is 1.17 bits per heavy atom. The van der Waals surface area contributed by atoms with Gasteiger partial charge in [0.25, 0.3) is 11.5 Å². The van der Waals surface area contributed by atoms with E-state index in [4.69, 9.17) is 9.79 Å². The number of pyridine rings is 1. The van der Waals surface area contributed by atoms with Gasteiger partial charge in [0, 0.05) is 25.1 Å². The second-order valence-electron chi connectivity index (χ2n) is 7.58. The molecule has 3 N–H and O–H groups in total. The molecule has 13 nitrogen and oxygen atoms in total. The van der Waals surface area contributed by atoms with Crippen molar-refractivity contribution in [2.45, 2.75) is 24.6 Å². The van der Waals surface area contributed by atoms with Crippen molar-refractivity contribution >= 4 is 23.6 Å². The average molecular weight is 519 g/mol. The maximum atomic E-state index is 12.6. The van der Waals surface area contributed by atoms with Gasteiger partial charge in [-0.05, 0) is 42.7 Å². The SMILES string of the molecule is C[C@@](CCn1ccc(-c2ccc(-n3nccn3)cc2)cc1=O)(C(=O)NOP(=O)(O)O)S(C)(=O)=O.[H-].[Li+]. The molecule has 35 heavy (non-hydrogen) atoms. The van der Waals surface area contributed by atoms with Crippen LogP contribution in [0.5, 0.6) is 0 Å². The number of rotatable bonds is 9. The number of sulfone groups is 1. The van der Waals surface area contributed by atoms with Gasteiger partial charge in [0.2, 0.25) is 0 Å². The largest absolute Gasteiger partial charge is 1.00 e. The van der Waals surface area contributed by atoms with E-state index in [-0.39, 0.29) is 33.3 Å². The summed E-state index contributed by atoms with van der Waals surface area (Å²) in [5.74, 6) is -1.27. The van der Waals surface area contributed by atoms with Crippen LogP contribution in [0.1, 0.15) is 14.8 Å². The van der Waals surface area contributed by atoms with Crippen LogP contribution in [0, 0.1) is 0 Å². The molecule has 1 aromatic carbocycles. The van der Waals surface area contributed by atoms with Crippen molar-refractivity contribution in [3.05, 3.63) is 65.3 Å². The topological polar surface area (TPSA) is 183 Å². The standard InChI is InChI=1S/C19H22N5O8PS.Li.H/c1-19(34(2,30)31,18(26)22-32-33(27,28)29)8-12-23-11-7-15(13-17(23)25)14-3-5-16(6-4-14)24-20-9-10-21-24;;/h3-7,9-11,13H,8,12H2,1-2H3,(H,22,26)(H2,27,28,29);;/q;+1;-1/t19-;;/m1../s1. The fraction of sp³-hybridized carbons (Fsp3) is 0.263. The minimum atomic E-state index is -5.07. The van der Waals surface area contributed by atoms with Crippen molar-refractivity contribution < 1.29 is 52.5 Å². The molecular weight excluding hydrogens is 496 g/mol. The van der Waals surface area contributed by atoms with Gasteiger partial charge < -0.3 is 15.8 Å². The molecule has 1 atom stereocenters. The van der Waals surface area contributed by atoms with Crippen molar-refractivity contribution in [1.82, 2.24) is 25.0 Å². The van der Waals surface area contributed by atoms with Gasteiger partial charge in [0.05, 0.1) is 18.1 Å². The Labute approximate surface area is 213 Å². The van der Waals surface area contributed by atoms with E-state index in [1.807, 2.05) is 0 Å². The van der Waals surface area contributed by atoms with Gasteiger partial charge in [-0.2, -0.15) is 19.6 Å². The van der Waals surface area contributed by atoms with Crippen molar-refractivity contribution in [3.8, 4) is 16.8 Å². The number of amides is 1. The number of hydroxylamine groups is 1. The number of nitrogens with zero attached hydrogens (tertiary/aromatic N) is 4. The van der Waals surface area contributed by atoms with E-state index in [2.05, 4.69) is 14.8 Å². The summed E-state index contributed by atoms with van der Waals surface area (Å²) in [6.07, 6.45) is 5.02. The van der Waals surface area contributed by atoms with Crippen LogP contribution in [0.15, 0.2) is 59.8 Å². The molecule has 1 amide bonds. The summed E-state index contributed by atoms with van der Waals surface area (Å²) in [5.41, 5.74) is 3.18. The van der Waals surface area contributed by atoms with Gasteiger partial charge in [-0.15, -0.1) is 0 Å². The Bertz CT molecular complexity index is 1400. The fourth-order valence-corrected chi connectivity index (χ4v) is 4.06. The van der Waals surface area contributed by atoms with Crippen LogP contribution in [0.4, 0.5) is 0 Å². The van der Waals surface area contributed by atoms with Gasteiger partial charge in [-0.25, -0.2) is 18.5 Å². The van der Waals surface area contributed by atoms with Crippen molar-refractivity contribution in [1.29, 1.82) is 0 Å². The Morgan fingerprint density at radius 3 is 2.29 bits per heavy atom. The predicted molar refractivity (Wildman–Crippen MR) is 121 cm³/mol. The van der Waals surface area contributed by atoms with Gasteiger partial charge in [0.1, 0.15) is 0 Å². The molecule has 3 aromatic rings. The van der Waals surface area contributed by atoms with Crippen LogP contribution in [0.3, 0.4) is 0 Å². The van der Waals surface area contributed by atoms with E-state index in [1.165, 1.54) is 27.1 Å². The van der Waals surface area contributed by atoms with E-state index in [9.17, 15) is 22.6 Å². The number of benzene rings is 1. The van der Waals surface area contributed by atoms with E-state index in [0.717, 1.165) is 24.4 Å². The number of nitrogens with one attached hydrogen (secondary N) is 1. The molecule has 0 fully saturated rings. The molecule has 0 aliphatic heterocycles. The number of carbonyl (C=O) groups excluding carboxylic acids is 1. The van der Waals surface area contributed by atoms with Crippen LogP contribution in [0.2, 0.25) is 0 Å². The predicted octanol–water partition coefficient (Wildman–Crippen LogP) is -2.45. The van der Waals surface area contributed by atoms with Crippen LogP contribution in [-0.4, -0.2) is 54.7 Å². The average Bonchev–Trinajstić information content (AvgIpc) is 3.30. The maximum absolute atomic E-state index is 12.6. The van der Waals surface area contributed by atoms with E-state index in [0.29, 0.717) is 5.56 Å². The molecule has 0 saturated carbocycles. The third kappa shape index (κ3) is 6.99. The quantitative estimate of drug-likeness (QED) is 0.156. The summed E-state index contributed by atoms with van der Waals surface area (Å²) in [4.78, 5) is 43.9. The second-order valence-corrected chi connectivity index (χ2v) is 11.2. The zero-order valence-electron chi connectivity index (χ0n) is 20.1. The Kier molecular flexibility index (Phi) is 9.02. The van der Waals surface area contributed by atoms with E-state index >= 15 is 0 Å². The Morgan fingerprint density at radius 2 is 1.77 bits per heavy atom. The smallest absolute Gasteiger partial charge is 1.00 e. The first-order valence-electron chi connectivity index (χ1n) is 9.72. The number of hydrogen-bond acceptors (Lipinski definition) is 8. The van der Waals surface area contributed by atoms with Crippen LogP contribution < -0.4 is 29.9 Å². The molecule has 0 aliphatic carbocycles.